The molecule has 0 N–H and O–H groups in total. The van der Waals surface area contributed by atoms with E-state index in [1.165, 1.54) is 12.8 Å². The van der Waals surface area contributed by atoms with Crippen molar-refractivity contribution in [1.82, 2.24) is 24.0 Å². The number of benzene rings is 1. The molecule has 3 aromatic rings. The summed E-state index contributed by atoms with van der Waals surface area (Å²) >= 11 is 0. The number of para-hydroxylation sites is 1. The lowest BCUT2D eigenvalue weighted by Crippen LogP contribution is -2.35. The Morgan fingerprint density at radius 3 is 2.73 bits per heavy atom. The molecule has 156 valence electrons. The molecule has 30 heavy (non-hydrogen) atoms. The highest BCUT2D eigenvalue weighted by molar-refractivity contribution is 5.77. The number of aromatic nitrogens is 4. The SMILES string of the molecule is Cc1cc(=O)n(CCN2CCCC2c2nc3ccccc3c(=O)n2CC2CC2)cn1. The van der Waals surface area contributed by atoms with Crippen molar-refractivity contribution in [3.63, 3.8) is 0 Å². The van der Waals surface area contributed by atoms with Gasteiger partial charge in [-0.15, -0.1) is 0 Å². The zero-order valence-corrected chi connectivity index (χ0v) is 17.3. The van der Waals surface area contributed by atoms with E-state index in [2.05, 4.69) is 9.88 Å². The Morgan fingerprint density at radius 2 is 1.93 bits per heavy atom. The van der Waals surface area contributed by atoms with Gasteiger partial charge in [0.15, 0.2) is 0 Å². The van der Waals surface area contributed by atoms with Gasteiger partial charge in [-0.3, -0.25) is 23.6 Å². The standard InChI is InChI=1S/C23H27N5O2/c1-16-13-21(29)27(15-24-16)12-11-26-10-4-7-20(26)22-25-19-6-3-2-5-18(19)23(30)28(22)14-17-8-9-17/h2-3,5-6,13,15,17,20H,4,7-12,14H2,1H3. The maximum atomic E-state index is 13.3. The van der Waals surface area contributed by atoms with Crippen LogP contribution in [0.1, 0.15) is 43.2 Å². The quantitative estimate of drug-likeness (QED) is 0.630. The number of aryl methyl sites for hydroxylation is 1. The van der Waals surface area contributed by atoms with Gasteiger partial charge in [0.1, 0.15) is 5.82 Å². The smallest absolute Gasteiger partial charge is 0.261 e. The number of nitrogens with zero attached hydrogens (tertiary/aromatic N) is 5. The summed E-state index contributed by atoms with van der Waals surface area (Å²) in [7, 11) is 0. The molecular weight excluding hydrogens is 378 g/mol. The summed E-state index contributed by atoms with van der Waals surface area (Å²) in [6, 6.07) is 9.32. The lowest BCUT2D eigenvalue weighted by atomic mass is 10.1. The molecule has 7 heteroatoms. The normalized spacial score (nSPS) is 19.6. The Morgan fingerprint density at radius 1 is 1.10 bits per heavy atom. The predicted molar refractivity (Wildman–Crippen MR) is 116 cm³/mol. The third kappa shape index (κ3) is 3.69. The first kappa shape index (κ1) is 19.2. The summed E-state index contributed by atoms with van der Waals surface area (Å²) in [4.78, 5) is 37.1. The van der Waals surface area contributed by atoms with Crippen LogP contribution in [0.15, 0.2) is 46.2 Å². The first-order chi connectivity index (χ1) is 14.6. The maximum absolute atomic E-state index is 13.3. The van der Waals surface area contributed by atoms with E-state index >= 15 is 0 Å². The van der Waals surface area contributed by atoms with Crippen LogP contribution in [-0.2, 0) is 13.1 Å². The van der Waals surface area contributed by atoms with E-state index in [9.17, 15) is 9.59 Å². The van der Waals surface area contributed by atoms with Crippen LogP contribution in [0.5, 0.6) is 0 Å². The maximum Gasteiger partial charge on any atom is 0.261 e. The fourth-order valence-corrected chi connectivity index (χ4v) is 4.48. The fourth-order valence-electron chi connectivity index (χ4n) is 4.48. The highest BCUT2D eigenvalue weighted by Crippen LogP contribution is 2.34. The summed E-state index contributed by atoms with van der Waals surface area (Å²) < 4.78 is 3.59. The zero-order chi connectivity index (χ0) is 20.7. The monoisotopic (exact) mass is 405 g/mol. The second-order valence-electron chi connectivity index (χ2n) is 8.60. The molecule has 2 fully saturated rings. The van der Waals surface area contributed by atoms with Crippen LogP contribution >= 0.6 is 0 Å². The van der Waals surface area contributed by atoms with Crippen molar-refractivity contribution >= 4 is 10.9 Å². The van der Waals surface area contributed by atoms with Crippen molar-refractivity contribution in [2.24, 2.45) is 5.92 Å². The van der Waals surface area contributed by atoms with Crippen molar-refractivity contribution in [1.29, 1.82) is 0 Å². The van der Waals surface area contributed by atoms with E-state index in [1.54, 1.807) is 17.0 Å². The van der Waals surface area contributed by atoms with Gasteiger partial charge < -0.3 is 0 Å². The first-order valence-corrected chi connectivity index (χ1v) is 10.9. The molecule has 1 saturated carbocycles. The molecule has 0 amide bonds. The minimum Gasteiger partial charge on any atom is -0.298 e. The first-order valence-electron chi connectivity index (χ1n) is 10.9. The Hall–Kier alpha value is -2.80. The molecule has 2 aliphatic rings. The predicted octanol–water partition coefficient (Wildman–Crippen LogP) is 2.51. The molecule has 0 bridgehead atoms. The number of rotatable bonds is 6. The Kier molecular flexibility index (Phi) is 4.98. The molecule has 1 atom stereocenters. The van der Waals surface area contributed by atoms with Crippen LogP contribution in [0.3, 0.4) is 0 Å². The van der Waals surface area contributed by atoms with Crippen LogP contribution in [-0.4, -0.2) is 37.1 Å². The molecule has 5 rings (SSSR count). The largest absolute Gasteiger partial charge is 0.298 e. The molecule has 2 aromatic heterocycles. The second-order valence-corrected chi connectivity index (χ2v) is 8.60. The molecule has 1 aliphatic heterocycles. The molecular formula is C23H27N5O2. The van der Waals surface area contributed by atoms with Gasteiger partial charge in [-0.25, -0.2) is 9.97 Å². The average molecular weight is 406 g/mol. The summed E-state index contributed by atoms with van der Waals surface area (Å²) in [5.41, 5.74) is 1.57. The minimum absolute atomic E-state index is 0.0206. The lowest BCUT2D eigenvalue weighted by Gasteiger charge is -2.26. The van der Waals surface area contributed by atoms with Gasteiger partial charge in [0.05, 0.1) is 23.3 Å². The highest BCUT2D eigenvalue weighted by Gasteiger charge is 2.32. The van der Waals surface area contributed by atoms with E-state index < -0.39 is 0 Å². The Labute approximate surface area is 175 Å². The Balaban J connectivity index is 1.47. The molecule has 3 heterocycles. The number of fused-ring (bicyclic) bond motifs is 1. The molecule has 1 unspecified atom stereocenters. The average Bonchev–Trinajstić information content (AvgIpc) is 3.44. The van der Waals surface area contributed by atoms with Crippen molar-refractivity contribution in [2.45, 2.75) is 51.7 Å². The topological polar surface area (TPSA) is 73.0 Å². The van der Waals surface area contributed by atoms with Crippen molar-refractivity contribution in [3.8, 4) is 0 Å². The van der Waals surface area contributed by atoms with Crippen molar-refractivity contribution < 1.29 is 0 Å². The second kappa shape index (κ2) is 7.80. The van der Waals surface area contributed by atoms with Crippen LogP contribution in [0.4, 0.5) is 0 Å². The van der Waals surface area contributed by atoms with Gasteiger partial charge in [0.25, 0.3) is 11.1 Å². The van der Waals surface area contributed by atoms with E-state index in [1.807, 2.05) is 35.8 Å². The van der Waals surface area contributed by atoms with E-state index in [4.69, 9.17) is 4.98 Å². The third-order valence-corrected chi connectivity index (χ3v) is 6.33. The number of likely N-dealkylation sites (tertiary alicyclic amines) is 1. The van der Waals surface area contributed by atoms with E-state index in [0.29, 0.717) is 17.8 Å². The van der Waals surface area contributed by atoms with Gasteiger partial charge >= 0.3 is 0 Å². The molecule has 0 radical (unpaired) electrons. The number of hydrogen-bond acceptors (Lipinski definition) is 5. The highest BCUT2D eigenvalue weighted by atomic mass is 16.1. The van der Waals surface area contributed by atoms with Crippen LogP contribution in [0, 0.1) is 12.8 Å². The fraction of sp³-hybridized carbons (Fsp3) is 0.478. The lowest BCUT2D eigenvalue weighted by molar-refractivity contribution is 0.230. The zero-order valence-electron chi connectivity index (χ0n) is 17.3. The molecule has 1 aromatic carbocycles. The van der Waals surface area contributed by atoms with E-state index in [0.717, 1.165) is 49.5 Å². The number of hydrogen-bond donors (Lipinski definition) is 0. The van der Waals surface area contributed by atoms with Crippen molar-refractivity contribution in [2.75, 3.05) is 13.1 Å². The molecule has 7 nitrogen and oxygen atoms in total. The van der Waals surface area contributed by atoms with Crippen LogP contribution in [0.25, 0.3) is 10.9 Å². The summed E-state index contributed by atoms with van der Waals surface area (Å²) in [5, 5.41) is 0.698. The minimum atomic E-state index is -0.0206. The van der Waals surface area contributed by atoms with Gasteiger partial charge in [-0.1, -0.05) is 12.1 Å². The van der Waals surface area contributed by atoms with Crippen LogP contribution in [0.2, 0.25) is 0 Å². The third-order valence-electron chi connectivity index (χ3n) is 6.33. The van der Waals surface area contributed by atoms with E-state index in [-0.39, 0.29) is 17.2 Å². The summed E-state index contributed by atoms with van der Waals surface area (Å²) in [6.45, 7) is 4.86. The Bertz CT molecular complexity index is 1190. The molecule has 0 spiro atoms. The molecule has 1 aliphatic carbocycles. The van der Waals surface area contributed by atoms with Crippen molar-refractivity contribution in [3.05, 3.63) is 68.9 Å². The van der Waals surface area contributed by atoms with Gasteiger partial charge in [-0.2, -0.15) is 0 Å². The molecule has 1 saturated heterocycles. The summed E-state index contributed by atoms with van der Waals surface area (Å²) in [5.74, 6) is 1.48. The summed E-state index contributed by atoms with van der Waals surface area (Å²) in [6.07, 6.45) is 6.06. The van der Waals surface area contributed by atoms with Gasteiger partial charge in [-0.05, 0) is 57.2 Å². The van der Waals surface area contributed by atoms with Gasteiger partial charge in [0, 0.05) is 31.4 Å². The van der Waals surface area contributed by atoms with Crippen LogP contribution < -0.4 is 11.1 Å². The van der Waals surface area contributed by atoms with Gasteiger partial charge in [0.2, 0.25) is 0 Å².